The van der Waals surface area contributed by atoms with Gasteiger partial charge in [0.25, 0.3) is 0 Å². The molecule has 1 fully saturated rings. The maximum Gasteiger partial charge on any atom is 0.303 e. The predicted molar refractivity (Wildman–Crippen MR) is 95.8 cm³/mol. The molecule has 0 aliphatic carbocycles. The minimum atomic E-state index is -1.08. The number of esters is 3. The molecule has 2 aromatic rings. The molecular weight excluding hydrogens is 388 g/mol. The lowest BCUT2D eigenvalue weighted by atomic mass is 10.1. The molecule has 1 aliphatic heterocycles. The minimum absolute atomic E-state index is 0.0567. The number of nitrogens with two attached hydrogens (primary N) is 2. The van der Waals surface area contributed by atoms with Crippen molar-refractivity contribution in [3.63, 3.8) is 0 Å². The zero-order valence-electron chi connectivity index (χ0n) is 15.9. The van der Waals surface area contributed by atoms with Gasteiger partial charge < -0.3 is 30.4 Å². The number of hydrogen-bond donors (Lipinski definition) is 2. The van der Waals surface area contributed by atoms with Crippen LogP contribution in [-0.4, -0.2) is 62.3 Å². The van der Waals surface area contributed by atoms with Crippen LogP contribution in [0.3, 0.4) is 0 Å². The maximum atomic E-state index is 11.7. The molecule has 3 rings (SSSR count). The molecule has 4 N–H and O–H groups in total. The second kappa shape index (κ2) is 7.87. The lowest BCUT2D eigenvalue weighted by Gasteiger charge is -2.23. The largest absolute Gasteiger partial charge is 0.463 e. The monoisotopic (exact) mass is 408 g/mol. The normalized spacial score (nSPS) is 23.7. The average molecular weight is 408 g/mol. The number of fused-ring (bicyclic) bond motifs is 1. The summed E-state index contributed by atoms with van der Waals surface area (Å²) >= 11 is 0. The molecule has 3 heterocycles. The zero-order chi connectivity index (χ0) is 21.3. The summed E-state index contributed by atoms with van der Waals surface area (Å²) in [6, 6.07) is 0. The average Bonchev–Trinajstić information content (AvgIpc) is 3.15. The third kappa shape index (κ3) is 4.18. The molecular formula is C16H20N6O7. The lowest BCUT2D eigenvalue weighted by molar-refractivity contribution is -0.166. The highest BCUT2D eigenvalue weighted by molar-refractivity contribution is 5.82. The number of carbonyl (C=O) groups is 3. The Balaban J connectivity index is 2.04. The molecule has 1 unspecified atom stereocenters. The number of nitrogen functional groups attached to an aromatic ring is 2. The zero-order valence-corrected chi connectivity index (χ0v) is 15.9. The van der Waals surface area contributed by atoms with E-state index in [1.165, 1.54) is 31.7 Å². The molecule has 13 nitrogen and oxygen atoms in total. The highest BCUT2D eigenvalue weighted by Gasteiger charge is 2.51. The summed E-state index contributed by atoms with van der Waals surface area (Å²) in [5, 5.41) is 0. The number of rotatable bonds is 5. The molecule has 0 spiro atoms. The van der Waals surface area contributed by atoms with Crippen LogP contribution in [0.2, 0.25) is 0 Å². The van der Waals surface area contributed by atoms with Gasteiger partial charge in [-0.2, -0.15) is 9.97 Å². The molecule has 13 heteroatoms. The van der Waals surface area contributed by atoms with E-state index in [9.17, 15) is 14.4 Å². The Bertz CT molecular complexity index is 961. The van der Waals surface area contributed by atoms with Crippen LogP contribution in [-0.2, 0) is 33.3 Å². The number of carbonyl (C=O) groups excluding carboxylic acids is 3. The smallest absolute Gasteiger partial charge is 0.303 e. The van der Waals surface area contributed by atoms with Gasteiger partial charge in [-0.25, -0.2) is 4.98 Å². The van der Waals surface area contributed by atoms with E-state index in [4.69, 9.17) is 30.4 Å². The second-order valence-corrected chi connectivity index (χ2v) is 6.31. The number of anilines is 2. The molecule has 4 atom stereocenters. The van der Waals surface area contributed by atoms with E-state index < -0.39 is 42.4 Å². The number of hydrogen-bond acceptors (Lipinski definition) is 12. The van der Waals surface area contributed by atoms with Gasteiger partial charge in [-0.15, -0.1) is 0 Å². The van der Waals surface area contributed by atoms with E-state index in [1.807, 2.05) is 0 Å². The van der Waals surface area contributed by atoms with Crippen molar-refractivity contribution in [2.75, 3.05) is 18.1 Å². The van der Waals surface area contributed by atoms with Crippen molar-refractivity contribution >= 4 is 40.8 Å². The van der Waals surface area contributed by atoms with Gasteiger partial charge in [0.1, 0.15) is 18.2 Å². The van der Waals surface area contributed by atoms with Crippen molar-refractivity contribution in [1.29, 1.82) is 0 Å². The van der Waals surface area contributed by atoms with Gasteiger partial charge in [0.05, 0.1) is 6.33 Å². The lowest BCUT2D eigenvalue weighted by Crippen LogP contribution is -2.40. The highest BCUT2D eigenvalue weighted by atomic mass is 16.7. The number of nitrogens with zero attached hydrogens (tertiary/aromatic N) is 4. The van der Waals surface area contributed by atoms with Crippen molar-refractivity contribution in [2.24, 2.45) is 0 Å². The third-order valence-corrected chi connectivity index (χ3v) is 4.08. The van der Waals surface area contributed by atoms with Crippen LogP contribution in [0.5, 0.6) is 0 Å². The van der Waals surface area contributed by atoms with E-state index in [1.54, 1.807) is 0 Å². The summed E-state index contributed by atoms with van der Waals surface area (Å²) in [5.41, 5.74) is 12.0. The number of aromatic nitrogens is 4. The Morgan fingerprint density at radius 1 is 1.07 bits per heavy atom. The first kappa shape index (κ1) is 20.3. The molecule has 2 aromatic heterocycles. The molecule has 0 amide bonds. The second-order valence-electron chi connectivity index (χ2n) is 6.31. The summed E-state index contributed by atoms with van der Waals surface area (Å²) in [4.78, 5) is 46.6. The molecule has 29 heavy (non-hydrogen) atoms. The fourth-order valence-corrected chi connectivity index (χ4v) is 3.06. The van der Waals surface area contributed by atoms with Crippen LogP contribution in [0, 0.1) is 0 Å². The Morgan fingerprint density at radius 2 is 1.72 bits per heavy atom. The van der Waals surface area contributed by atoms with Crippen molar-refractivity contribution in [3.05, 3.63) is 6.33 Å². The van der Waals surface area contributed by atoms with Crippen LogP contribution in [0.1, 0.15) is 27.0 Å². The summed E-state index contributed by atoms with van der Waals surface area (Å²) in [6.45, 7) is 3.39. The van der Waals surface area contributed by atoms with Gasteiger partial charge in [0, 0.05) is 20.8 Å². The van der Waals surface area contributed by atoms with Crippen molar-refractivity contribution in [1.82, 2.24) is 19.5 Å². The van der Waals surface area contributed by atoms with Crippen molar-refractivity contribution in [2.45, 2.75) is 45.3 Å². The molecule has 0 bridgehead atoms. The summed E-state index contributed by atoms with van der Waals surface area (Å²) in [5.74, 6) is -1.85. The fourth-order valence-electron chi connectivity index (χ4n) is 3.06. The van der Waals surface area contributed by atoms with E-state index in [-0.39, 0.29) is 29.5 Å². The minimum Gasteiger partial charge on any atom is -0.463 e. The van der Waals surface area contributed by atoms with E-state index in [2.05, 4.69) is 15.0 Å². The molecule has 0 aromatic carbocycles. The molecule has 1 saturated heterocycles. The van der Waals surface area contributed by atoms with Gasteiger partial charge in [0.15, 0.2) is 29.9 Å². The van der Waals surface area contributed by atoms with E-state index in [0.29, 0.717) is 0 Å². The van der Waals surface area contributed by atoms with Gasteiger partial charge >= 0.3 is 17.9 Å². The summed E-state index contributed by atoms with van der Waals surface area (Å²) in [7, 11) is 0. The summed E-state index contributed by atoms with van der Waals surface area (Å²) < 4.78 is 23.0. The summed E-state index contributed by atoms with van der Waals surface area (Å²) in [6.07, 6.45) is -2.69. The number of ether oxygens (including phenoxy) is 4. The standard InChI is InChI=1S/C16H20N6O7/c1-6(23)26-4-9-11(27-7(2)24)12(28-8(3)25)15(29-9)22-5-19-10-13(17)20-16(18)21-14(10)22/h5,9,11-12,15H,4H2,1-3H3,(H4,17,18,20,21)/t9-,11+,12-,15?/m0/s1. The van der Waals surface area contributed by atoms with Gasteiger partial charge in [-0.05, 0) is 0 Å². The Kier molecular flexibility index (Phi) is 5.50. The molecule has 0 saturated carbocycles. The Morgan fingerprint density at radius 3 is 2.34 bits per heavy atom. The van der Waals surface area contributed by atoms with Crippen LogP contribution in [0.25, 0.3) is 11.2 Å². The maximum absolute atomic E-state index is 11.7. The van der Waals surface area contributed by atoms with Crippen molar-refractivity contribution < 1.29 is 33.3 Å². The van der Waals surface area contributed by atoms with Gasteiger partial charge in [-0.3, -0.25) is 19.0 Å². The Labute approximate surface area is 164 Å². The topological polar surface area (TPSA) is 184 Å². The van der Waals surface area contributed by atoms with Crippen LogP contribution >= 0.6 is 0 Å². The SMILES string of the molecule is CC(=O)OC[C@@H]1OC(n2cnc3c(N)nc(N)nc32)[C@@H](OC(C)=O)[C@@H]1OC(C)=O. The third-order valence-electron chi connectivity index (χ3n) is 4.08. The van der Waals surface area contributed by atoms with E-state index >= 15 is 0 Å². The highest BCUT2D eigenvalue weighted by Crippen LogP contribution is 2.36. The van der Waals surface area contributed by atoms with Crippen molar-refractivity contribution in [3.8, 4) is 0 Å². The molecule has 156 valence electrons. The molecule has 1 aliphatic rings. The van der Waals surface area contributed by atoms with Crippen LogP contribution in [0.15, 0.2) is 6.33 Å². The fraction of sp³-hybridized carbons (Fsp3) is 0.500. The predicted octanol–water partition coefficient (Wildman–Crippen LogP) is -0.685. The van der Waals surface area contributed by atoms with Crippen LogP contribution < -0.4 is 11.5 Å². The first-order valence-corrected chi connectivity index (χ1v) is 8.56. The quantitative estimate of drug-likeness (QED) is 0.470. The first-order valence-electron chi connectivity index (χ1n) is 8.56. The van der Waals surface area contributed by atoms with Gasteiger partial charge in [0.2, 0.25) is 5.95 Å². The Hall–Kier alpha value is -3.48. The number of imidazole rings is 1. The first-order chi connectivity index (χ1) is 13.7. The van der Waals surface area contributed by atoms with E-state index in [0.717, 1.165) is 0 Å². The molecule has 0 radical (unpaired) electrons. The van der Waals surface area contributed by atoms with Gasteiger partial charge in [-0.1, -0.05) is 0 Å². The van der Waals surface area contributed by atoms with Crippen LogP contribution in [0.4, 0.5) is 11.8 Å².